The zero-order valence-corrected chi connectivity index (χ0v) is 38.0. The van der Waals surface area contributed by atoms with E-state index in [-0.39, 0.29) is 0 Å². The zero-order chi connectivity index (χ0) is 45.2. The van der Waals surface area contributed by atoms with Crippen molar-refractivity contribution in [2.45, 2.75) is 74.5 Å². The van der Waals surface area contributed by atoms with Crippen molar-refractivity contribution in [3.63, 3.8) is 0 Å². The first-order valence-corrected chi connectivity index (χ1v) is 19.6. The number of hydrogen-bond donors (Lipinski definition) is 4. The molecule has 0 saturated heterocycles. The van der Waals surface area contributed by atoms with Gasteiger partial charge in [-0.2, -0.15) is 0 Å². The fourth-order valence-electron chi connectivity index (χ4n) is 4.97. The van der Waals surface area contributed by atoms with Crippen LogP contribution in [0.25, 0.3) is 0 Å². The fourth-order valence-corrected chi connectivity index (χ4v) is 4.97. The van der Waals surface area contributed by atoms with E-state index >= 15 is 0 Å². The number of hydrogen-bond acceptors (Lipinski definition) is 13. The minimum absolute atomic E-state index is 0.338. The average molecular weight is 824 g/mol. The second-order valence-corrected chi connectivity index (χ2v) is 14.9. The summed E-state index contributed by atoms with van der Waals surface area (Å²) in [7, 11) is 12.1. The molecule has 6 rings (SSSR count). The predicted octanol–water partition coefficient (Wildman–Crippen LogP) is 5.30. The van der Waals surface area contributed by atoms with E-state index in [2.05, 4.69) is 59.6 Å². The largest absolute Gasteiger partial charge is 0.384 e. The summed E-state index contributed by atoms with van der Waals surface area (Å²) in [4.78, 5) is 30.2. The molecule has 0 atom stereocenters. The summed E-state index contributed by atoms with van der Waals surface area (Å²) in [6, 6.07) is 17.3. The third kappa shape index (κ3) is 24.6. The van der Waals surface area contributed by atoms with Gasteiger partial charge in [0.15, 0.2) is 0 Å². The summed E-state index contributed by atoms with van der Waals surface area (Å²) in [5.41, 5.74) is 20.6. The molecule has 6 aromatic heterocycles. The lowest BCUT2D eigenvalue weighted by molar-refractivity contribution is -0.910. The first kappa shape index (κ1) is 51.9. The molecule has 0 aromatic carbocycles. The highest BCUT2D eigenvalue weighted by Gasteiger charge is 2.10. The SMILES string of the molecule is CCc1c[n+](O)ccc1C.Cc1cc[n+](O)c(CN(C)C)c1.Cc1ccnc(CN(C)C)c1.Cc1ccnc(CN(C)C)n1.Cc1ccnc(N)c1.Cc1ccnc(N)n1. The van der Waals surface area contributed by atoms with Gasteiger partial charge in [0, 0.05) is 75.9 Å². The van der Waals surface area contributed by atoms with Crippen LogP contribution in [0.1, 0.15) is 63.3 Å². The number of aryl methyl sites for hydroxylation is 7. The topological polar surface area (TPSA) is 187 Å². The third-order valence-electron chi connectivity index (χ3n) is 7.80. The summed E-state index contributed by atoms with van der Waals surface area (Å²) in [6.07, 6.45) is 13.0. The molecular formula is C45H69N13O2+2. The molecule has 0 aliphatic carbocycles. The molecule has 0 amide bonds. The van der Waals surface area contributed by atoms with E-state index in [1.165, 1.54) is 16.7 Å². The fraction of sp³-hybridized carbons (Fsp3) is 0.378. The average Bonchev–Trinajstić information content (AvgIpc) is 3.15. The highest BCUT2D eigenvalue weighted by atomic mass is 16.5. The van der Waals surface area contributed by atoms with Crippen LogP contribution in [-0.2, 0) is 26.1 Å². The van der Waals surface area contributed by atoms with Crippen LogP contribution < -0.4 is 20.9 Å². The predicted molar refractivity (Wildman–Crippen MR) is 239 cm³/mol. The second kappa shape index (κ2) is 28.3. The lowest BCUT2D eigenvalue weighted by Gasteiger charge is -2.08. The minimum atomic E-state index is 0.338. The summed E-state index contributed by atoms with van der Waals surface area (Å²) in [6.45, 7) is 16.5. The molecule has 15 heteroatoms. The number of nitrogens with two attached hydrogens (primary N) is 2. The maximum absolute atomic E-state index is 9.37. The molecule has 0 radical (unpaired) electrons. The molecule has 6 aromatic rings. The summed E-state index contributed by atoms with van der Waals surface area (Å²) in [5.74, 6) is 1.81. The van der Waals surface area contributed by atoms with E-state index in [4.69, 9.17) is 16.7 Å². The molecule has 0 fully saturated rings. The van der Waals surface area contributed by atoms with Gasteiger partial charge in [-0.05, 0) is 149 Å². The number of nitrogen functional groups attached to an aromatic ring is 2. The van der Waals surface area contributed by atoms with Gasteiger partial charge in [-0.25, -0.2) is 24.9 Å². The third-order valence-corrected chi connectivity index (χ3v) is 7.80. The first-order valence-electron chi connectivity index (χ1n) is 19.6. The van der Waals surface area contributed by atoms with E-state index in [9.17, 15) is 5.21 Å². The molecule has 6 heterocycles. The quantitative estimate of drug-likeness (QED) is 0.120. The number of rotatable bonds is 7. The summed E-state index contributed by atoms with van der Waals surface area (Å²) < 4.78 is 2.25. The molecule has 0 spiro atoms. The van der Waals surface area contributed by atoms with Gasteiger partial charge in [0.25, 0.3) is 0 Å². The van der Waals surface area contributed by atoms with Gasteiger partial charge in [0.1, 0.15) is 11.6 Å². The van der Waals surface area contributed by atoms with Crippen molar-refractivity contribution in [1.29, 1.82) is 0 Å². The van der Waals surface area contributed by atoms with E-state index in [0.717, 1.165) is 75.2 Å². The highest BCUT2D eigenvalue weighted by molar-refractivity contribution is 5.30. The zero-order valence-electron chi connectivity index (χ0n) is 38.0. The smallest absolute Gasteiger partial charge is 0.248 e. The van der Waals surface area contributed by atoms with Crippen molar-refractivity contribution < 1.29 is 19.9 Å². The van der Waals surface area contributed by atoms with Crippen molar-refractivity contribution in [3.8, 4) is 0 Å². The van der Waals surface area contributed by atoms with E-state index in [1.54, 1.807) is 43.2 Å². The number of pyridine rings is 4. The van der Waals surface area contributed by atoms with Crippen molar-refractivity contribution in [3.05, 3.63) is 154 Å². The van der Waals surface area contributed by atoms with Gasteiger partial charge >= 0.3 is 0 Å². The molecular weight excluding hydrogens is 755 g/mol. The Hall–Kier alpha value is -6.16. The van der Waals surface area contributed by atoms with Gasteiger partial charge in [0.05, 0.1) is 18.8 Å². The Morgan fingerprint density at radius 3 is 1.60 bits per heavy atom. The van der Waals surface area contributed by atoms with Crippen LogP contribution in [-0.4, -0.2) is 97.3 Å². The molecule has 0 aliphatic heterocycles. The molecule has 0 aliphatic rings. The van der Waals surface area contributed by atoms with Crippen LogP contribution in [0.5, 0.6) is 0 Å². The summed E-state index contributed by atoms with van der Waals surface area (Å²) in [5, 5.41) is 18.4. The Labute approximate surface area is 358 Å². The Morgan fingerprint density at radius 2 is 1.13 bits per heavy atom. The minimum Gasteiger partial charge on any atom is -0.384 e. The number of nitrogens with zero attached hydrogens (tertiary/aromatic N) is 11. The van der Waals surface area contributed by atoms with Gasteiger partial charge in [0.2, 0.25) is 30.2 Å². The van der Waals surface area contributed by atoms with Crippen LogP contribution in [0.2, 0.25) is 0 Å². The van der Waals surface area contributed by atoms with Crippen LogP contribution in [0.4, 0.5) is 11.8 Å². The first-order chi connectivity index (χ1) is 28.3. The number of anilines is 2. The van der Waals surface area contributed by atoms with Crippen LogP contribution in [0.3, 0.4) is 0 Å². The monoisotopic (exact) mass is 824 g/mol. The highest BCUT2D eigenvalue weighted by Crippen LogP contribution is 2.04. The normalized spacial score (nSPS) is 10.1. The van der Waals surface area contributed by atoms with E-state index < -0.39 is 0 Å². The molecule has 0 unspecified atom stereocenters. The molecule has 60 heavy (non-hydrogen) atoms. The van der Waals surface area contributed by atoms with E-state index in [0.29, 0.717) is 11.8 Å². The maximum Gasteiger partial charge on any atom is 0.248 e. The Bertz CT molecular complexity index is 1980. The molecule has 6 N–H and O–H groups in total. The van der Waals surface area contributed by atoms with E-state index in [1.807, 2.05) is 130 Å². The van der Waals surface area contributed by atoms with Crippen molar-refractivity contribution in [2.24, 2.45) is 0 Å². The van der Waals surface area contributed by atoms with Gasteiger partial charge in [-0.1, -0.05) is 6.92 Å². The van der Waals surface area contributed by atoms with Gasteiger partial charge < -0.3 is 21.3 Å². The Kier molecular flexibility index (Phi) is 24.5. The van der Waals surface area contributed by atoms with Gasteiger partial charge in [-0.3, -0.25) is 20.3 Å². The molecule has 0 saturated carbocycles. The molecule has 0 bridgehead atoms. The maximum atomic E-state index is 9.37. The van der Waals surface area contributed by atoms with Crippen LogP contribution in [0, 0.1) is 41.5 Å². The van der Waals surface area contributed by atoms with Crippen molar-refractivity contribution >= 4 is 11.8 Å². The second-order valence-electron chi connectivity index (χ2n) is 14.9. The summed E-state index contributed by atoms with van der Waals surface area (Å²) >= 11 is 0. The van der Waals surface area contributed by atoms with Crippen LogP contribution in [0.15, 0.2) is 98.0 Å². The Morgan fingerprint density at radius 1 is 0.583 bits per heavy atom. The molecule has 324 valence electrons. The van der Waals surface area contributed by atoms with Crippen LogP contribution >= 0.6 is 0 Å². The lowest BCUT2D eigenvalue weighted by atomic mass is 10.1. The molecule has 15 nitrogen and oxygen atoms in total. The number of aromatic nitrogens is 8. The van der Waals surface area contributed by atoms with Crippen molar-refractivity contribution in [1.82, 2.24) is 44.6 Å². The standard InChI is InChI=1S/C9H15N2O.C9H14N2.C8H13N3.C8H12NO.C6H8N2.C5H7N3/c1-8-4-5-11(12)9(6-8)7-10(2)3;1-8-4-5-10-9(6-8)7-11(2)3;1-7-4-5-9-8(10-7)6-11(2)3;1-3-8-6-9(10)5-4-7(8)2;1-5-2-3-8-6(7)4-5;1-4-2-3-7-5(6)8-4/h4-6,12H,7H2,1-3H3;4-6H,7H2,1-3H3;4-5H,6H2,1-3H3;4-6,10H,3H2,1-2H3;2-4H,1H3,(H2,7,8);2-3H,1H3,(H2,6,7,8)/q+1;;;+1;;. The Balaban J connectivity index is 0.000000362. The lowest BCUT2D eigenvalue weighted by Crippen LogP contribution is -2.37. The van der Waals surface area contributed by atoms with Crippen molar-refractivity contribution in [2.75, 3.05) is 53.8 Å². The van der Waals surface area contributed by atoms with Gasteiger partial charge in [-0.15, -0.1) is 0 Å².